The van der Waals surface area contributed by atoms with Crippen molar-refractivity contribution in [1.82, 2.24) is 0 Å². The predicted octanol–water partition coefficient (Wildman–Crippen LogP) is 4.13. The van der Waals surface area contributed by atoms with Crippen LogP contribution in [0.5, 0.6) is 0 Å². The maximum atomic E-state index is 10.7. The molecule has 0 saturated carbocycles. The number of nitrogens with zero attached hydrogens (tertiary/aromatic N) is 1. The summed E-state index contributed by atoms with van der Waals surface area (Å²) in [5.41, 5.74) is 1.83. The standard InChI is InChI=1S/C14H20BrNO/c1-10(2)7-11(3)16(4)13-6-5-12(9-17)14(15)8-13/h5-6,8-11H,7H2,1-4H3. The molecular weight excluding hydrogens is 278 g/mol. The molecule has 0 amide bonds. The van der Waals surface area contributed by atoms with Crippen LogP contribution in [0.25, 0.3) is 0 Å². The lowest BCUT2D eigenvalue weighted by atomic mass is 10.0. The van der Waals surface area contributed by atoms with Crippen LogP contribution in [0.3, 0.4) is 0 Å². The molecule has 1 atom stereocenters. The Morgan fingerprint density at radius 1 is 1.35 bits per heavy atom. The lowest BCUT2D eigenvalue weighted by Crippen LogP contribution is -2.30. The molecule has 0 radical (unpaired) electrons. The van der Waals surface area contributed by atoms with Gasteiger partial charge in [0.05, 0.1) is 0 Å². The molecule has 0 aromatic heterocycles. The molecule has 1 aromatic carbocycles. The third kappa shape index (κ3) is 3.84. The van der Waals surface area contributed by atoms with Gasteiger partial charge in [0.25, 0.3) is 0 Å². The number of anilines is 1. The molecule has 2 nitrogen and oxygen atoms in total. The number of carbonyl (C=O) groups is 1. The number of aldehydes is 1. The number of halogens is 1. The normalized spacial score (nSPS) is 12.6. The highest BCUT2D eigenvalue weighted by atomic mass is 79.9. The first-order valence-electron chi connectivity index (χ1n) is 5.93. The van der Waals surface area contributed by atoms with Crippen molar-refractivity contribution < 1.29 is 4.79 Å². The summed E-state index contributed by atoms with van der Waals surface area (Å²) in [5.74, 6) is 0.685. The second-order valence-electron chi connectivity index (χ2n) is 4.91. The van der Waals surface area contributed by atoms with E-state index < -0.39 is 0 Å². The molecule has 3 heteroatoms. The SMILES string of the molecule is CC(C)CC(C)N(C)c1ccc(C=O)c(Br)c1. The van der Waals surface area contributed by atoms with Gasteiger partial charge in [-0.15, -0.1) is 0 Å². The van der Waals surface area contributed by atoms with Gasteiger partial charge in [-0.2, -0.15) is 0 Å². The van der Waals surface area contributed by atoms with Gasteiger partial charge in [-0.1, -0.05) is 13.8 Å². The van der Waals surface area contributed by atoms with Crippen molar-refractivity contribution in [3.63, 3.8) is 0 Å². The minimum absolute atomic E-state index is 0.490. The van der Waals surface area contributed by atoms with Gasteiger partial charge in [-0.3, -0.25) is 4.79 Å². The molecule has 1 aromatic rings. The summed E-state index contributed by atoms with van der Waals surface area (Å²) in [4.78, 5) is 13.0. The molecule has 0 aliphatic rings. The van der Waals surface area contributed by atoms with Gasteiger partial charge in [-0.25, -0.2) is 0 Å². The van der Waals surface area contributed by atoms with Gasteiger partial charge in [-0.05, 0) is 53.4 Å². The Kier molecular flexibility index (Phi) is 5.19. The van der Waals surface area contributed by atoms with Crippen molar-refractivity contribution in [2.45, 2.75) is 33.2 Å². The van der Waals surface area contributed by atoms with E-state index >= 15 is 0 Å². The average molecular weight is 298 g/mol. The van der Waals surface area contributed by atoms with E-state index in [2.05, 4.69) is 48.6 Å². The summed E-state index contributed by atoms with van der Waals surface area (Å²) in [6.45, 7) is 6.69. The van der Waals surface area contributed by atoms with E-state index in [0.717, 1.165) is 22.9 Å². The van der Waals surface area contributed by atoms with Crippen LogP contribution in [0.4, 0.5) is 5.69 Å². The molecule has 1 rings (SSSR count). The molecule has 1 unspecified atom stereocenters. The van der Waals surface area contributed by atoms with Gasteiger partial charge in [0.1, 0.15) is 0 Å². The Morgan fingerprint density at radius 2 is 2.00 bits per heavy atom. The van der Waals surface area contributed by atoms with Crippen LogP contribution in [-0.4, -0.2) is 19.4 Å². The minimum Gasteiger partial charge on any atom is -0.372 e. The van der Waals surface area contributed by atoms with E-state index in [9.17, 15) is 4.79 Å². The Morgan fingerprint density at radius 3 is 2.47 bits per heavy atom. The second-order valence-corrected chi connectivity index (χ2v) is 5.77. The number of rotatable bonds is 5. The summed E-state index contributed by atoms with van der Waals surface area (Å²) in [7, 11) is 2.09. The van der Waals surface area contributed by atoms with Crippen molar-refractivity contribution in [2.24, 2.45) is 5.92 Å². The summed E-state index contributed by atoms with van der Waals surface area (Å²) in [5, 5.41) is 0. The van der Waals surface area contributed by atoms with E-state index in [4.69, 9.17) is 0 Å². The maximum absolute atomic E-state index is 10.7. The second kappa shape index (κ2) is 6.20. The van der Waals surface area contributed by atoms with Crippen molar-refractivity contribution in [2.75, 3.05) is 11.9 Å². The van der Waals surface area contributed by atoms with Crippen molar-refractivity contribution in [1.29, 1.82) is 0 Å². The smallest absolute Gasteiger partial charge is 0.151 e. The van der Waals surface area contributed by atoms with Gasteiger partial charge < -0.3 is 4.90 Å². The summed E-state index contributed by atoms with van der Waals surface area (Å²) in [6.07, 6.45) is 2.02. The zero-order chi connectivity index (χ0) is 13.0. The fourth-order valence-corrected chi connectivity index (χ4v) is 2.39. The summed E-state index contributed by atoms with van der Waals surface area (Å²) < 4.78 is 0.855. The van der Waals surface area contributed by atoms with Crippen LogP contribution < -0.4 is 4.90 Å². The summed E-state index contributed by atoms with van der Waals surface area (Å²) >= 11 is 3.42. The van der Waals surface area contributed by atoms with Crippen molar-refractivity contribution in [3.8, 4) is 0 Å². The van der Waals surface area contributed by atoms with Crippen LogP contribution in [0.2, 0.25) is 0 Å². The quantitative estimate of drug-likeness (QED) is 0.762. The largest absolute Gasteiger partial charge is 0.372 e. The van der Waals surface area contributed by atoms with Crippen LogP contribution in [-0.2, 0) is 0 Å². The highest BCUT2D eigenvalue weighted by Gasteiger charge is 2.12. The highest BCUT2D eigenvalue weighted by molar-refractivity contribution is 9.10. The first-order chi connectivity index (χ1) is 7.95. The molecule has 0 bridgehead atoms. The van der Waals surface area contributed by atoms with Gasteiger partial charge in [0.15, 0.2) is 6.29 Å². The van der Waals surface area contributed by atoms with Crippen molar-refractivity contribution in [3.05, 3.63) is 28.2 Å². The van der Waals surface area contributed by atoms with E-state index in [0.29, 0.717) is 17.5 Å². The lowest BCUT2D eigenvalue weighted by molar-refractivity contribution is 0.112. The van der Waals surface area contributed by atoms with Crippen LogP contribution in [0, 0.1) is 5.92 Å². The molecule has 94 valence electrons. The third-order valence-electron chi connectivity index (χ3n) is 2.99. The molecule has 0 fully saturated rings. The maximum Gasteiger partial charge on any atom is 0.151 e. The summed E-state index contributed by atoms with van der Waals surface area (Å²) in [6, 6.07) is 6.33. The van der Waals surface area contributed by atoms with Crippen LogP contribution in [0.1, 0.15) is 37.6 Å². The van der Waals surface area contributed by atoms with Gasteiger partial charge in [0.2, 0.25) is 0 Å². The topological polar surface area (TPSA) is 20.3 Å². The predicted molar refractivity (Wildman–Crippen MR) is 76.8 cm³/mol. The number of carbonyl (C=O) groups excluding carboxylic acids is 1. The van der Waals surface area contributed by atoms with Gasteiger partial charge in [0, 0.05) is 28.8 Å². The third-order valence-corrected chi connectivity index (χ3v) is 3.68. The fourth-order valence-electron chi connectivity index (χ4n) is 1.93. The van der Waals surface area contributed by atoms with Gasteiger partial charge >= 0.3 is 0 Å². The Bertz CT molecular complexity index is 390. The number of hydrogen-bond acceptors (Lipinski definition) is 2. The fraction of sp³-hybridized carbons (Fsp3) is 0.500. The molecule has 0 saturated heterocycles. The molecular formula is C14H20BrNO. The monoisotopic (exact) mass is 297 g/mol. The first kappa shape index (κ1) is 14.2. The minimum atomic E-state index is 0.490. The van der Waals surface area contributed by atoms with Crippen LogP contribution >= 0.6 is 15.9 Å². The van der Waals surface area contributed by atoms with E-state index in [1.807, 2.05) is 18.2 Å². The van der Waals surface area contributed by atoms with Crippen molar-refractivity contribution >= 4 is 27.9 Å². The molecule has 17 heavy (non-hydrogen) atoms. The van der Waals surface area contributed by atoms with Crippen LogP contribution in [0.15, 0.2) is 22.7 Å². The number of hydrogen-bond donors (Lipinski definition) is 0. The molecule has 0 spiro atoms. The molecule has 0 aliphatic carbocycles. The first-order valence-corrected chi connectivity index (χ1v) is 6.72. The average Bonchev–Trinajstić information content (AvgIpc) is 2.27. The lowest BCUT2D eigenvalue weighted by Gasteiger charge is -2.28. The Labute approximate surface area is 112 Å². The van der Waals surface area contributed by atoms with E-state index in [1.165, 1.54) is 0 Å². The zero-order valence-corrected chi connectivity index (χ0v) is 12.5. The Hall–Kier alpha value is -0.830. The highest BCUT2D eigenvalue weighted by Crippen LogP contribution is 2.25. The molecule has 0 aliphatic heterocycles. The Balaban J connectivity index is 2.85. The number of benzene rings is 1. The zero-order valence-electron chi connectivity index (χ0n) is 10.9. The molecule has 0 N–H and O–H groups in total. The van der Waals surface area contributed by atoms with E-state index in [1.54, 1.807) is 0 Å². The molecule has 0 heterocycles. The van der Waals surface area contributed by atoms with E-state index in [-0.39, 0.29) is 0 Å².